The highest BCUT2D eigenvalue weighted by Crippen LogP contribution is 2.44. The zero-order valence-electron chi connectivity index (χ0n) is 19.7. The second-order valence-corrected chi connectivity index (χ2v) is 10.7. The zero-order chi connectivity index (χ0) is 21.3. The van der Waals surface area contributed by atoms with Gasteiger partial charge in [-0.05, 0) is 38.5 Å². The second kappa shape index (κ2) is 16.4. The topological polar surface area (TPSA) is 34.1 Å². The second-order valence-electron chi connectivity index (χ2n) is 9.34. The maximum atomic E-state index is 12.1. The van der Waals surface area contributed by atoms with Gasteiger partial charge in [-0.25, -0.2) is 9.13 Å². The highest BCUT2D eigenvalue weighted by atomic mass is 31.1. The minimum Gasteiger partial charge on any atom is -0.314 e. The molecule has 0 saturated heterocycles. The van der Waals surface area contributed by atoms with E-state index in [4.69, 9.17) is 0 Å². The van der Waals surface area contributed by atoms with Gasteiger partial charge in [-0.3, -0.25) is 0 Å². The fourth-order valence-electron chi connectivity index (χ4n) is 4.10. The average molecular weight is 415 g/mol. The molecule has 0 bridgehead atoms. The number of hydrogen-bond donors (Lipinski definition) is 0. The molecule has 0 aliphatic heterocycles. The quantitative estimate of drug-likeness (QED) is 0.0920. The molecule has 0 heterocycles. The summed E-state index contributed by atoms with van der Waals surface area (Å²) >= 11 is 0. The molecule has 0 aromatic carbocycles. The van der Waals surface area contributed by atoms with Crippen LogP contribution in [0.25, 0.3) is 0 Å². The van der Waals surface area contributed by atoms with Crippen LogP contribution in [0.15, 0.2) is 12.2 Å². The minimum atomic E-state index is -2.42. The molecule has 28 heavy (non-hydrogen) atoms. The molecule has 4 heteroatoms. The van der Waals surface area contributed by atoms with Crippen LogP contribution in [0.3, 0.4) is 0 Å². The molecule has 3 nitrogen and oxygen atoms in total. The zero-order valence-corrected chi connectivity index (χ0v) is 20.6. The van der Waals surface area contributed by atoms with Crippen molar-refractivity contribution in [2.75, 3.05) is 21.1 Å². The Balaban J connectivity index is 3.80. The normalized spacial score (nSPS) is 14.5. The van der Waals surface area contributed by atoms with Gasteiger partial charge in [0.25, 0.3) is 0 Å². The summed E-state index contributed by atoms with van der Waals surface area (Å²) in [4.78, 5) is 0. The Labute approximate surface area is 176 Å². The van der Waals surface area contributed by atoms with Gasteiger partial charge in [0.15, 0.2) is 0 Å². The van der Waals surface area contributed by atoms with E-state index in [2.05, 4.69) is 26.0 Å². The van der Waals surface area contributed by atoms with E-state index in [9.17, 15) is 9.13 Å². The van der Waals surface area contributed by atoms with Gasteiger partial charge < -0.3 is 4.48 Å². The van der Waals surface area contributed by atoms with Gasteiger partial charge in [0.1, 0.15) is 0 Å². The lowest BCUT2D eigenvalue weighted by atomic mass is 9.99. The lowest BCUT2D eigenvalue weighted by Gasteiger charge is -2.41. The van der Waals surface area contributed by atoms with Crippen molar-refractivity contribution in [3.63, 3.8) is 0 Å². The van der Waals surface area contributed by atoms with Gasteiger partial charge in [-0.15, -0.1) is 0 Å². The molecule has 0 spiro atoms. The van der Waals surface area contributed by atoms with Crippen LogP contribution < -0.4 is 0 Å². The predicted molar refractivity (Wildman–Crippen MR) is 123 cm³/mol. The van der Waals surface area contributed by atoms with Crippen molar-refractivity contribution in [3.8, 4) is 0 Å². The maximum Gasteiger partial charge on any atom is 0.378 e. The SMILES string of the molecule is CCCCCC=CCCCCCCCCCCC(CCC)(P(=O)=O)[N+](C)(C)C. The number of allylic oxidation sites excluding steroid dienone is 2. The molecule has 0 rings (SSSR count). The van der Waals surface area contributed by atoms with Crippen LogP contribution in [0, 0.1) is 0 Å². The average Bonchev–Trinajstić information content (AvgIpc) is 2.62. The molecule has 0 aromatic heterocycles. The first-order valence-electron chi connectivity index (χ1n) is 11.9. The maximum absolute atomic E-state index is 12.1. The van der Waals surface area contributed by atoms with Crippen molar-refractivity contribution in [1.29, 1.82) is 0 Å². The molecule has 0 aliphatic rings. The largest absolute Gasteiger partial charge is 0.378 e. The Morgan fingerprint density at radius 1 is 0.643 bits per heavy atom. The fraction of sp³-hybridized carbons (Fsp3) is 0.917. The summed E-state index contributed by atoms with van der Waals surface area (Å²) in [7, 11) is 3.67. The summed E-state index contributed by atoms with van der Waals surface area (Å²) in [5, 5.41) is -0.589. The van der Waals surface area contributed by atoms with Gasteiger partial charge in [0.2, 0.25) is 5.28 Å². The summed E-state index contributed by atoms with van der Waals surface area (Å²) in [6.07, 6.45) is 23.8. The number of quaternary nitrogens is 1. The van der Waals surface area contributed by atoms with E-state index < -0.39 is 13.0 Å². The lowest BCUT2D eigenvalue weighted by molar-refractivity contribution is -0.908. The number of unbranched alkanes of at least 4 members (excludes halogenated alkanes) is 11. The molecular formula is C24H49NO2P+. The highest BCUT2D eigenvalue weighted by molar-refractivity contribution is 7.32. The molecule has 0 N–H and O–H groups in total. The minimum absolute atomic E-state index is 0.520. The fourth-order valence-corrected chi connectivity index (χ4v) is 5.34. The van der Waals surface area contributed by atoms with Crippen molar-refractivity contribution >= 4 is 7.68 Å². The third-order valence-corrected chi connectivity index (χ3v) is 7.80. The van der Waals surface area contributed by atoms with E-state index in [-0.39, 0.29) is 0 Å². The smallest absolute Gasteiger partial charge is 0.314 e. The standard InChI is InChI=1S/C24H49NO2P/c1-6-8-9-10-11-12-13-14-15-16-17-18-19-20-21-23-24(22-7-2,28(26)27)25(3,4)5/h11-12H,6-10,13-23H2,1-5H3/q+1. The van der Waals surface area contributed by atoms with E-state index in [1.54, 1.807) is 0 Å². The van der Waals surface area contributed by atoms with Crippen molar-refractivity contribution < 1.29 is 13.6 Å². The molecule has 0 aliphatic carbocycles. The third kappa shape index (κ3) is 11.6. The van der Waals surface area contributed by atoms with Crippen LogP contribution in [-0.2, 0) is 9.13 Å². The van der Waals surface area contributed by atoms with Crippen molar-refractivity contribution in [2.24, 2.45) is 0 Å². The molecule has 1 unspecified atom stereocenters. The molecule has 166 valence electrons. The number of rotatable bonds is 19. The monoisotopic (exact) mass is 414 g/mol. The summed E-state index contributed by atoms with van der Waals surface area (Å²) in [5.41, 5.74) is 0. The van der Waals surface area contributed by atoms with Crippen LogP contribution in [-0.4, -0.2) is 30.9 Å². The van der Waals surface area contributed by atoms with Crippen LogP contribution in [0.1, 0.15) is 117 Å². The molecule has 1 atom stereocenters. The Kier molecular flexibility index (Phi) is 16.2. The van der Waals surface area contributed by atoms with E-state index in [0.717, 1.165) is 32.1 Å². The summed E-state index contributed by atoms with van der Waals surface area (Å²) < 4.78 is 24.6. The van der Waals surface area contributed by atoms with Crippen molar-refractivity contribution in [2.45, 2.75) is 122 Å². The van der Waals surface area contributed by atoms with E-state index in [1.807, 2.05) is 21.1 Å². The summed E-state index contributed by atoms with van der Waals surface area (Å²) in [6, 6.07) is 0. The molecule has 0 fully saturated rings. The first kappa shape index (κ1) is 27.6. The van der Waals surface area contributed by atoms with Gasteiger partial charge in [0, 0.05) is 12.8 Å². The summed E-state index contributed by atoms with van der Waals surface area (Å²) in [6.45, 7) is 4.34. The Bertz CT molecular complexity index is 458. The van der Waals surface area contributed by atoms with Crippen molar-refractivity contribution in [3.05, 3.63) is 12.2 Å². The first-order valence-corrected chi connectivity index (χ1v) is 13.1. The molecule has 0 radical (unpaired) electrons. The number of nitrogens with zero attached hydrogens (tertiary/aromatic N) is 1. The molecule has 0 amide bonds. The van der Waals surface area contributed by atoms with Gasteiger partial charge >= 0.3 is 7.68 Å². The van der Waals surface area contributed by atoms with E-state index >= 15 is 0 Å². The van der Waals surface area contributed by atoms with E-state index in [1.165, 1.54) is 70.6 Å². The van der Waals surface area contributed by atoms with Gasteiger partial charge in [0.05, 0.1) is 21.1 Å². The van der Waals surface area contributed by atoms with Gasteiger partial charge in [-0.2, -0.15) is 0 Å². The highest BCUT2D eigenvalue weighted by Gasteiger charge is 2.47. The molecular weight excluding hydrogens is 365 g/mol. The van der Waals surface area contributed by atoms with Crippen LogP contribution in [0.2, 0.25) is 0 Å². The molecule has 0 saturated carbocycles. The first-order chi connectivity index (χ1) is 13.3. The summed E-state index contributed by atoms with van der Waals surface area (Å²) in [5.74, 6) is 0. The van der Waals surface area contributed by atoms with Crippen LogP contribution >= 0.6 is 7.68 Å². The number of hydrogen-bond acceptors (Lipinski definition) is 2. The Morgan fingerprint density at radius 3 is 1.54 bits per heavy atom. The van der Waals surface area contributed by atoms with Gasteiger partial charge in [-0.1, -0.05) is 77.4 Å². The van der Waals surface area contributed by atoms with Crippen LogP contribution in [0.4, 0.5) is 0 Å². The van der Waals surface area contributed by atoms with Crippen LogP contribution in [0.5, 0.6) is 0 Å². The van der Waals surface area contributed by atoms with Crippen molar-refractivity contribution in [1.82, 2.24) is 0 Å². The van der Waals surface area contributed by atoms with E-state index in [0.29, 0.717) is 4.48 Å². The Hall–Kier alpha value is -0.400. The lowest BCUT2D eigenvalue weighted by Crippen LogP contribution is -2.53. The third-order valence-electron chi connectivity index (χ3n) is 6.08. The predicted octanol–water partition coefficient (Wildman–Crippen LogP) is 8.40. The Morgan fingerprint density at radius 2 is 1.11 bits per heavy atom. The molecule has 0 aromatic rings.